The van der Waals surface area contributed by atoms with Crippen LogP contribution in [0.5, 0.6) is 0 Å². The van der Waals surface area contributed by atoms with Crippen LogP contribution in [0.1, 0.15) is 65.7 Å². The molecule has 2 aliphatic carbocycles. The Balaban J connectivity index is 2.29. The van der Waals surface area contributed by atoms with E-state index in [9.17, 15) is 17.6 Å². The van der Waals surface area contributed by atoms with Crippen LogP contribution in [0, 0.1) is 35.0 Å². The highest BCUT2D eigenvalue weighted by molar-refractivity contribution is 5.00. The van der Waals surface area contributed by atoms with E-state index in [1.807, 2.05) is 6.92 Å². The summed E-state index contributed by atoms with van der Waals surface area (Å²) in [5.41, 5.74) is -2.10. The van der Waals surface area contributed by atoms with Crippen molar-refractivity contribution in [2.24, 2.45) is 35.0 Å². The third kappa shape index (κ3) is 3.17. The van der Waals surface area contributed by atoms with Crippen LogP contribution in [0.25, 0.3) is 0 Å². The lowest BCUT2D eigenvalue weighted by atomic mass is 9.56. The van der Waals surface area contributed by atoms with Crippen LogP contribution in [-0.4, -0.2) is 12.9 Å². The van der Waals surface area contributed by atoms with Gasteiger partial charge in [0.2, 0.25) is 0 Å². The van der Waals surface area contributed by atoms with Gasteiger partial charge in [0, 0.05) is 0 Å². The van der Waals surface area contributed by atoms with Gasteiger partial charge in [-0.05, 0) is 55.3 Å². The Labute approximate surface area is 132 Å². The first kappa shape index (κ1) is 18.1. The maximum Gasteiger partial charge on any atom is 0.397 e. The van der Waals surface area contributed by atoms with Crippen LogP contribution in [-0.2, 0) is 0 Å². The molecule has 0 aromatic carbocycles. The molecule has 0 bridgehead atoms. The van der Waals surface area contributed by atoms with Crippen LogP contribution in [0.3, 0.4) is 0 Å². The largest absolute Gasteiger partial charge is 0.397 e. The van der Waals surface area contributed by atoms with Gasteiger partial charge in [0.15, 0.2) is 0 Å². The van der Waals surface area contributed by atoms with Crippen molar-refractivity contribution in [1.82, 2.24) is 0 Å². The van der Waals surface area contributed by atoms with E-state index < -0.39 is 30.1 Å². The summed E-state index contributed by atoms with van der Waals surface area (Å²) in [6.07, 6.45) is 0.0980. The molecule has 0 saturated heterocycles. The highest BCUT2D eigenvalue weighted by Gasteiger charge is 2.63. The molecule has 0 aromatic rings. The molecule has 4 unspecified atom stereocenters. The van der Waals surface area contributed by atoms with Gasteiger partial charge < -0.3 is 0 Å². The van der Waals surface area contributed by atoms with Gasteiger partial charge in [0.1, 0.15) is 6.67 Å². The topological polar surface area (TPSA) is 0 Å². The second-order valence-corrected chi connectivity index (χ2v) is 8.09. The number of halogens is 4. The van der Waals surface area contributed by atoms with Gasteiger partial charge >= 0.3 is 6.18 Å². The van der Waals surface area contributed by atoms with Crippen LogP contribution >= 0.6 is 0 Å². The zero-order valence-corrected chi connectivity index (χ0v) is 14.1. The lowest BCUT2D eigenvalue weighted by Crippen LogP contribution is -2.54. The minimum Gasteiger partial charge on any atom is -0.250 e. The summed E-state index contributed by atoms with van der Waals surface area (Å²) < 4.78 is 56.1. The maximum absolute atomic E-state index is 14.0. The number of hydrogen-bond acceptors (Lipinski definition) is 0. The fraction of sp³-hybridized carbons (Fsp3) is 1.00. The fourth-order valence-electron chi connectivity index (χ4n) is 4.88. The van der Waals surface area contributed by atoms with Crippen molar-refractivity contribution < 1.29 is 17.6 Å². The molecule has 0 spiro atoms. The monoisotopic (exact) mass is 322 g/mol. The Bertz CT molecular complexity index is 357. The first-order valence-corrected chi connectivity index (χ1v) is 8.85. The molecule has 0 aliphatic heterocycles. The van der Waals surface area contributed by atoms with E-state index in [4.69, 9.17) is 0 Å². The molecule has 0 aromatic heterocycles. The average Bonchev–Trinajstić information content (AvgIpc) is 2.44. The average molecular weight is 322 g/mol. The summed E-state index contributed by atoms with van der Waals surface area (Å²) in [7, 11) is 0. The van der Waals surface area contributed by atoms with Crippen molar-refractivity contribution in [2.45, 2.75) is 71.9 Å². The standard InChI is InChI=1S/C18H30F4/c1-12-4-7-15(8-5-12)17(11-19,18(20,21)22)16-9-6-13(2)14(3)10-16/h12-16H,4-11H2,1-3H3. The van der Waals surface area contributed by atoms with Gasteiger partial charge in [-0.2, -0.15) is 13.2 Å². The van der Waals surface area contributed by atoms with Gasteiger partial charge in [-0.25, -0.2) is 0 Å². The van der Waals surface area contributed by atoms with E-state index in [0.29, 0.717) is 37.5 Å². The summed E-state index contributed by atoms with van der Waals surface area (Å²) in [5, 5.41) is 0. The molecular formula is C18H30F4. The van der Waals surface area contributed by atoms with Gasteiger partial charge in [-0.15, -0.1) is 0 Å². The summed E-state index contributed by atoms with van der Waals surface area (Å²) >= 11 is 0. The van der Waals surface area contributed by atoms with E-state index in [-0.39, 0.29) is 5.92 Å². The predicted molar refractivity (Wildman–Crippen MR) is 81.3 cm³/mol. The lowest BCUT2D eigenvalue weighted by molar-refractivity contribution is -0.278. The smallest absolute Gasteiger partial charge is 0.250 e. The van der Waals surface area contributed by atoms with Crippen molar-refractivity contribution in [2.75, 3.05) is 6.67 Å². The highest BCUT2D eigenvalue weighted by Crippen LogP contribution is 2.59. The van der Waals surface area contributed by atoms with Crippen LogP contribution < -0.4 is 0 Å². The minimum absolute atomic E-state index is 0.259. The van der Waals surface area contributed by atoms with Crippen molar-refractivity contribution >= 4 is 0 Å². The molecule has 4 heteroatoms. The van der Waals surface area contributed by atoms with Crippen LogP contribution in [0.2, 0.25) is 0 Å². The van der Waals surface area contributed by atoms with Gasteiger partial charge in [0.05, 0.1) is 5.41 Å². The molecule has 2 aliphatic rings. The maximum atomic E-state index is 14.0. The Hall–Kier alpha value is -0.280. The van der Waals surface area contributed by atoms with Crippen molar-refractivity contribution in [3.63, 3.8) is 0 Å². The first-order chi connectivity index (χ1) is 10.2. The molecule has 4 atom stereocenters. The first-order valence-electron chi connectivity index (χ1n) is 8.85. The van der Waals surface area contributed by atoms with Gasteiger partial charge in [-0.3, -0.25) is 4.39 Å². The molecule has 22 heavy (non-hydrogen) atoms. The SMILES string of the molecule is CC1CCC(C(CF)(C2CCC(C)C(C)C2)C(F)(F)F)CC1. The fourth-order valence-corrected chi connectivity index (χ4v) is 4.88. The molecular weight excluding hydrogens is 292 g/mol. The highest BCUT2D eigenvalue weighted by atomic mass is 19.4. The second kappa shape index (κ2) is 6.68. The van der Waals surface area contributed by atoms with Crippen molar-refractivity contribution in [1.29, 1.82) is 0 Å². The zero-order valence-electron chi connectivity index (χ0n) is 14.1. The quantitative estimate of drug-likeness (QED) is 0.527. The third-order valence-corrected chi connectivity index (χ3v) is 6.82. The number of hydrogen-bond donors (Lipinski definition) is 0. The minimum atomic E-state index is -4.43. The summed E-state index contributed by atoms with van der Waals surface area (Å²) in [4.78, 5) is 0. The van der Waals surface area contributed by atoms with Crippen molar-refractivity contribution in [3.8, 4) is 0 Å². The Kier molecular flexibility index (Phi) is 5.49. The van der Waals surface area contributed by atoms with E-state index in [1.54, 1.807) is 0 Å². The molecule has 0 amide bonds. The number of rotatable bonds is 3. The van der Waals surface area contributed by atoms with Crippen LogP contribution in [0.15, 0.2) is 0 Å². The molecule has 0 N–H and O–H groups in total. The summed E-state index contributed by atoms with van der Waals surface area (Å²) in [5.74, 6) is 0.122. The molecule has 0 heterocycles. The van der Waals surface area contributed by atoms with Crippen LogP contribution in [0.4, 0.5) is 17.6 Å². The Morgan fingerprint density at radius 3 is 1.77 bits per heavy atom. The lowest BCUT2D eigenvalue weighted by Gasteiger charge is -2.50. The van der Waals surface area contributed by atoms with E-state index in [2.05, 4.69) is 13.8 Å². The third-order valence-electron chi connectivity index (χ3n) is 6.82. The molecule has 0 radical (unpaired) electrons. The normalized spacial score (nSPS) is 40.2. The Morgan fingerprint density at radius 2 is 1.32 bits per heavy atom. The Morgan fingerprint density at radius 1 is 0.773 bits per heavy atom. The predicted octanol–water partition coefficient (Wildman–Crippen LogP) is 6.40. The molecule has 130 valence electrons. The molecule has 0 nitrogen and oxygen atoms in total. The molecule has 2 saturated carbocycles. The summed E-state index contributed by atoms with van der Waals surface area (Å²) in [6, 6.07) is 0. The molecule has 2 fully saturated rings. The van der Waals surface area contributed by atoms with Crippen molar-refractivity contribution in [3.05, 3.63) is 0 Å². The second-order valence-electron chi connectivity index (χ2n) is 8.09. The summed E-state index contributed by atoms with van der Waals surface area (Å²) in [6.45, 7) is 4.99. The van der Waals surface area contributed by atoms with E-state index >= 15 is 0 Å². The van der Waals surface area contributed by atoms with Gasteiger partial charge in [-0.1, -0.05) is 40.0 Å². The molecule has 2 rings (SSSR count). The number of alkyl halides is 4. The van der Waals surface area contributed by atoms with E-state index in [1.165, 1.54) is 0 Å². The van der Waals surface area contributed by atoms with Gasteiger partial charge in [0.25, 0.3) is 0 Å². The van der Waals surface area contributed by atoms with E-state index in [0.717, 1.165) is 19.3 Å². The zero-order chi connectivity index (χ0) is 16.5.